The van der Waals surface area contributed by atoms with Gasteiger partial charge in [0.2, 0.25) is 10.0 Å². The first-order valence-electron chi connectivity index (χ1n) is 13.2. The van der Waals surface area contributed by atoms with Crippen molar-refractivity contribution in [2.45, 2.75) is 61.0 Å². The third kappa shape index (κ3) is 7.51. The number of alkyl halides is 6. The molecular weight excluding hydrogens is 636 g/mol. The molecule has 0 unspecified atom stereocenters. The molecule has 1 saturated carbocycles. The van der Waals surface area contributed by atoms with Gasteiger partial charge >= 0.3 is 18.3 Å². The first kappa shape index (κ1) is 34.0. The highest BCUT2D eigenvalue weighted by atomic mass is 32.2. The summed E-state index contributed by atoms with van der Waals surface area (Å²) in [4.78, 5) is 20.8. The molecule has 2 saturated heterocycles. The number of carbonyl (C=O) groups is 1. The Kier molecular flexibility index (Phi) is 9.18. The number of pyridine rings is 1. The Hall–Kier alpha value is -3.87. The number of nitrogens with zero attached hydrogens (tertiary/aromatic N) is 3. The van der Waals surface area contributed by atoms with Gasteiger partial charge in [-0.3, -0.25) is 4.98 Å². The molecule has 2 bridgehead atoms. The lowest BCUT2D eigenvalue weighted by Gasteiger charge is -2.52. The van der Waals surface area contributed by atoms with Crippen LogP contribution in [-0.4, -0.2) is 70.1 Å². The second-order valence-corrected chi connectivity index (χ2v) is 12.4. The average molecular weight is 664 g/mol. The number of hydrogen-bond acceptors (Lipinski definition) is 9. The van der Waals surface area contributed by atoms with E-state index >= 15 is 0 Å². The largest absolute Gasteiger partial charge is 0.490 e. The molecule has 3 fully saturated rings. The van der Waals surface area contributed by atoms with Gasteiger partial charge in [0.25, 0.3) is 0 Å². The third-order valence-corrected chi connectivity index (χ3v) is 9.15. The van der Waals surface area contributed by atoms with Crippen LogP contribution in [-0.2, 0) is 25.7 Å². The fourth-order valence-corrected chi connectivity index (χ4v) is 6.43. The first-order chi connectivity index (χ1) is 20.8. The predicted octanol–water partition coefficient (Wildman–Crippen LogP) is 4.10. The monoisotopic (exact) mass is 663 g/mol. The number of nitrogens with one attached hydrogen (secondary N) is 1. The Labute approximate surface area is 252 Å². The number of aliphatic hydroxyl groups is 1. The van der Waals surface area contributed by atoms with Crippen molar-refractivity contribution in [1.82, 2.24) is 19.7 Å². The Balaban J connectivity index is 0.000000591. The second-order valence-electron chi connectivity index (χ2n) is 10.7. The summed E-state index contributed by atoms with van der Waals surface area (Å²) in [5, 5.41) is 16.8. The summed E-state index contributed by atoms with van der Waals surface area (Å²) >= 11 is 0. The van der Waals surface area contributed by atoms with Gasteiger partial charge in [0.05, 0.1) is 41.1 Å². The van der Waals surface area contributed by atoms with E-state index in [0.717, 1.165) is 12.3 Å². The Morgan fingerprint density at radius 2 is 1.71 bits per heavy atom. The SMILES string of the molecule is Cc1ccc(S(=O)(=O)NC23CCC(CO)(CC2)OC3)cc1-c1cnc(N)c(-c2ccnc(C(F)(F)F)c2)n1.O=C(O)C(F)(F)F. The van der Waals surface area contributed by atoms with Crippen LogP contribution < -0.4 is 10.5 Å². The zero-order valence-corrected chi connectivity index (χ0v) is 24.2. The maximum absolute atomic E-state index is 13.4. The molecule has 244 valence electrons. The molecule has 0 radical (unpaired) electrons. The summed E-state index contributed by atoms with van der Waals surface area (Å²) in [6.07, 6.45) is -5.17. The van der Waals surface area contributed by atoms with Crippen LogP contribution in [0, 0.1) is 6.92 Å². The number of fused-ring (bicyclic) bond motifs is 3. The van der Waals surface area contributed by atoms with Gasteiger partial charge in [0, 0.05) is 17.3 Å². The van der Waals surface area contributed by atoms with Crippen molar-refractivity contribution < 1.29 is 54.5 Å². The summed E-state index contributed by atoms with van der Waals surface area (Å²) < 4.78 is 107. The van der Waals surface area contributed by atoms with Gasteiger partial charge in [0.1, 0.15) is 17.2 Å². The molecule has 1 aromatic carbocycles. The highest BCUT2D eigenvalue weighted by Gasteiger charge is 2.51. The van der Waals surface area contributed by atoms with Crippen LogP contribution in [0.25, 0.3) is 22.5 Å². The van der Waals surface area contributed by atoms with Crippen molar-refractivity contribution >= 4 is 21.8 Å². The van der Waals surface area contributed by atoms with Crippen molar-refractivity contribution in [2.75, 3.05) is 18.9 Å². The number of carboxylic acid groups (broad SMARTS) is 1. The number of halogens is 6. The van der Waals surface area contributed by atoms with E-state index in [2.05, 4.69) is 19.7 Å². The van der Waals surface area contributed by atoms with E-state index in [4.69, 9.17) is 20.4 Å². The topological polar surface area (TPSA) is 178 Å². The van der Waals surface area contributed by atoms with Gasteiger partial charge in [-0.05, 0) is 62.4 Å². The van der Waals surface area contributed by atoms with Crippen molar-refractivity contribution in [1.29, 1.82) is 0 Å². The minimum absolute atomic E-state index is 0.000451. The van der Waals surface area contributed by atoms with Crippen LogP contribution in [0.5, 0.6) is 0 Å². The summed E-state index contributed by atoms with van der Waals surface area (Å²) in [6, 6.07) is 6.74. The minimum Gasteiger partial charge on any atom is -0.475 e. The number of nitrogens with two attached hydrogens (primary N) is 1. The standard InChI is InChI=1S/C25H26F3N5O4S.C2HF3O2/c1-15-2-3-17(38(35,36)33-23-5-7-24(13-34,8-6-23)37-14-23)11-18(15)19-12-31-22(29)21(32-19)16-4-9-30-20(10-16)25(26,27)28;3-2(4,5)1(6)7/h2-4,9-12,33-34H,5-8,13-14H2,1H3,(H2,29,31);(H,6,7). The Morgan fingerprint density at radius 3 is 2.24 bits per heavy atom. The van der Waals surface area contributed by atoms with E-state index in [9.17, 15) is 39.9 Å². The van der Waals surface area contributed by atoms with Gasteiger partial charge in [-0.15, -0.1) is 0 Å². The number of carboxylic acids is 1. The van der Waals surface area contributed by atoms with Gasteiger partial charge in [-0.25, -0.2) is 27.9 Å². The molecule has 3 aliphatic rings. The quantitative estimate of drug-likeness (QED) is 0.281. The lowest BCUT2D eigenvalue weighted by molar-refractivity contribution is -0.192. The van der Waals surface area contributed by atoms with E-state index in [-0.39, 0.29) is 40.9 Å². The molecule has 5 N–H and O–H groups in total. The first-order valence-corrected chi connectivity index (χ1v) is 14.6. The van der Waals surface area contributed by atoms with Crippen LogP contribution >= 0.6 is 0 Å². The molecule has 3 aromatic rings. The van der Waals surface area contributed by atoms with Gasteiger partial charge in [-0.2, -0.15) is 26.3 Å². The molecule has 0 spiro atoms. The van der Waals surface area contributed by atoms with Crippen molar-refractivity contribution in [3.8, 4) is 22.5 Å². The normalized spacial score (nSPS) is 21.6. The summed E-state index contributed by atoms with van der Waals surface area (Å²) in [7, 11) is -3.97. The molecular formula is C27H27F6N5O6S. The number of benzene rings is 1. The molecule has 45 heavy (non-hydrogen) atoms. The highest BCUT2D eigenvalue weighted by Crippen LogP contribution is 2.44. The summed E-state index contributed by atoms with van der Waals surface area (Å²) in [6.45, 7) is 1.83. The number of ether oxygens (including phenoxy) is 1. The number of aliphatic hydroxyl groups excluding tert-OH is 1. The van der Waals surface area contributed by atoms with E-state index in [0.29, 0.717) is 36.8 Å². The molecule has 1 aliphatic carbocycles. The van der Waals surface area contributed by atoms with Gasteiger partial charge in [0.15, 0.2) is 0 Å². The highest BCUT2D eigenvalue weighted by molar-refractivity contribution is 7.89. The van der Waals surface area contributed by atoms with Gasteiger partial charge in [-0.1, -0.05) is 6.07 Å². The Morgan fingerprint density at radius 1 is 1.07 bits per heavy atom. The zero-order chi connectivity index (χ0) is 33.4. The zero-order valence-electron chi connectivity index (χ0n) is 23.4. The average Bonchev–Trinajstić information content (AvgIpc) is 2.98. The van der Waals surface area contributed by atoms with E-state index in [1.165, 1.54) is 24.4 Å². The fraction of sp³-hybridized carbons (Fsp3) is 0.407. The molecule has 2 aromatic heterocycles. The van der Waals surface area contributed by atoms with Crippen molar-refractivity contribution in [3.63, 3.8) is 0 Å². The summed E-state index contributed by atoms with van der Waals surface area (Å²) in [5.74, 6) is -2.84. The second kappa shape index (κ2) is 12.1. The number of aromatic nitrogens is 3. The lowest BCUT2D eigenvalue weighted by Crippen LogP contribution is -2.63. The van der Waals surface area contributed by atoms with E-state index in [1.54, 1.807) is 13.0 Å². The van der Waals surface area contributed by atoms with Crippen molar-refractivity contribution in [3.05, 3.63) is 54.0 Å². The number of aryl methyl sites for hydroxylation is 1. The van der Waals surface area contributed by atoms with Crippen LogP contribution in [0.3, 0.4) is 0 Å². The molecule has 0 amide bonds. The molecule has 6 rings (SSSR count). The van der Waals surface area contributed by atoms with Gasteiger partial charge < -0.3 is 20.7 Å². The number of nitrogen functional groups attached to an aromatic ring is 1. The number of sulfonamides is 1. The minimum atomic E-state index is -5.08. The van der Waals surface area contributed by atoms with Crippen LogP contribution in [0.4, 0.5) is 32.2 Å². The van der Waals surface area contributed by atoms with Crippen LogP contribution in [0.15, 0.2) is 47.6 Å². The summed E-state index contributed by atoms with van der Waals surface area (Å²) in [5.41, 5.74) is 4.97. The maximum Gasteiger partial charge on any atom is 0.490 e. The number of rotatable bonds is 6. The number of aliphatic carboxylic acids is 1. The lowest BCUT2D eigenvalue weighted by atomic mass is 9.72. The van der Waals surface area contributed by atoms with Crippen molar-refractivity contribution in [2.24, 2.45) is 0 Å². The smallest absolute Gasteiger partial charge is 0.475 e. The number of anilines is 1. The number of hydrogen-bond donors (Lipinski definition) is 4. The van der Waals surface area contributed by atoms with Crippen LogP contribution in [0.1, 0.15) is 36.9 Å². The maximum atomic E-state index is 13.4. The molecule has 2 aliphatic heterocycles. The van der Waals surface area contributed by atoms with E-state index < -0.39 is 45.2 Å². The predicted molar refractivity (Wildman–Crippen MR) is 146 cm³/mol. The molecule has 4 heterocycles. The Bertz CT molecular complexity index is 1680. The van der Waals surface area contributed by atoms with E-state index in [1.807, 2.05) is 0 Å². The van der Waals surface area contributed by atoms with Crippen LogP contribution in [0.2, 0.25) is 0 Å². The molecule has 11 nitrogen and oxygen atoms in total. The fourth-order valence-electron chi connectivity index (χ4n) is 4.96. The third-order valence-electron chi connectivity index (χ3n) is 7.57. The molecule has 0 atom stereocenters. The molecule has 18 heteroatoms.